The number of pyridine rings is 1. The van der Waals surface area contributed by atoms with E-state index >= 15 is 0 Å². The molecule has 0 fully saturated rings. The zero-order chi connectivity index (χ0) is 11.8. The maximum atomic E-state index is 10.4. The topological polar surface area (TPSA) is 114 Å². The molecular weight excluding hydrogens is 200 g/mol. The normalized spacial score (nSPS) is 10.8. The number of aliphatic carboxylic acids is 1. The van der Waals surface area contributed by atoms with E-state index in [2.05, 4.69) is 4.98 Å². The van der Waals surface area contributed by atoms with Crippen LogP contribution in [-0.2, 0) is 4.79 Å². The zero-order valence-electron chi connectivity index (χ0n) is 8.12. The number of aromatic nitrogens is 1. The van der Waals surface area contributed by atoms with Crippen LogP contribution in [0, 0.1) is 0 Å². The summed E-state index contributed by atoms with van der Waals surface area (Å²) in [6.07, 6.45) is 1.82. The van der Waals surface area contributed by atoms with E-state index in [-0.39, 0.29) is 0 Å². The van der Waals surface area contributed by atoms with Crippen LogP contribution in [0.4, 0.5) is 0 Å². The maximum absolute atomic E-state index is 10.4. The molecule has 4 N–H and O–H groups in total. The molecule has 1 rings (SSSR count). The van der Waals surface area contributed by atoms with Crippen LogP contribution in [0.1, 0.15) is 17.3 Å². The van der Waals surface area contributed by atoms with Crippen molar-refractivity contribution in [2.24, 2.45) is 5.73 Å². The molecule has 1 aromatic heterocycles. The highest BCUT2D eigenvalue weighted by Crippen LogP contribution is 1.91. The minimum Gasteiger partial charge on any atom is -0.479 e. The van der Waals surface area contributed by atoms with E-state index in [1.807, 2.05) is 0 Å². The highest BCUT2D eigenvalue weighted by atomic mass is 16.4. The first kappa shape index (κ1) is 13.1. The first-order chi connectivity index (χ1) is 6.95. The van der Waals surface area contributed by atoms with Crippen LogP contribution in [-0.4, -0.2) is 33.2 Å². The smallest absolute Gasteiger partial charge is 0.332 e. The van der Waals surface area contributed by atoms with Crippen molar-refractivity contribution >= 4 is 11.9 Å². The van der Waals surface area contributed by atoms with Gasteiger partial charge in [-0.25, -0.2) is 4.79 Å². The molecule has 82 valence electrons. The second-order valence-electron chi connectivity index (χ2n) is 2.61. The number of hydrogen-bond acceptors (Lipinski definition) is 4. The number of primary amides is 1. The number of rotatable bonds is 2. The molecule has 0 aromatic carbocycles. The van der Waals surface area contributed by atoms with Gasteiger partial charge in [0.2, 0.25) is 5.91 Å². The van der Waals surface area contributed by atoms with Crippen molar-refractivity contribution in [2.75, 3.05) is 0 Å². The quantitative estimate of drug-likeness (QED) is 0.619. The van der Waals surface area contributed by atoms with Gasteiger partial charge in [-0.15, -0.1) is 0 Å². The van der Waals surface area contributed by atoms with Crippen molar-refractivity contribution < 1.29 is 19.8 Å². The molecule has 0 radical (unpaired) electrons. The minimum absolute atomic E-state index is 0.419. The van der Waals surface area contributed by atoms with E-state index in [4.69, 9.17) is 15.9 Å². The fourth-order valence-corrected chi connectivity index (χ4v) is 0.516. The predicted molar refractivity (Wildman–Crippen MR) is 52.1 cm³/mol. The number of hydrogen-bond donors (Lipinski definition) is 3. The van der Waals surface area contributed by atoms with Gasteiger partial charge in [-0.05, 0) is 19.1 Å². The van der Waals surface area contributed by atoms with E-state index in [9.17, 15) is 9.59 Å². The van der Waals surface area contributed by atoms with Gasteiger partial charge in [0.1, 0.15) is 6.10 Å². The van der Waals surface area contributed by atoms with Crippen molar-refractivity contribution in [1.29, 1.82) is 0 Å². The molecule has 0 spiro atoms. The van der Waals surface area contributed by atoms with Crippen molar-refractivity contribution in [3.8, 4) is 0 Å². The lowest BCUT2D eigenvalue weighted by Crippen LogP contribution is -2.13. The van der Waals surface area contributed by atoms with E-state index in [0.717, 1.165) is 0 Å². The number of carbonyl (C=O) groups excluding carboxylic acids is 1. The molecule has 6 heteroatoms. The largest absolute Gasteiger partial charge is 0.479 e. The zero-order valence-corrected chi connectivity index (χ0v) is 8.12. The Morgan fingerprint density at radius 1 is 1.40 bits per heavy atom. The summed E-state index contributed by atoms with van der Waals surface area (Å²) in [7, 11) is 0. The summed E-state index contributed by atoms with van der Waals surface area (Å²) in [6, 6.07) is 3.14. The number of nitrogens with zero attached hydrogens (tertiary/aromatic N) is 1. The molecule has 1 atom stereocenters. The Kier molecular flexibility index (Phi) is 5.65. The molecule has 6 nitrogen and oxygen atoms in total. The summed E-state index contributed by atoms with van der Waals surface area (Å²) in [5, 5.41) is 15.8. The van der Waals surface area contributed by atoms with Gasteiger partial charge < -0.3 is 15.9 Å². The lowest BCUT2D eigenvalue weighted by atomic mass is 10.3. The van der Waals surface area contributed by atoms with Gasteiger partial charge in [-0.1, -0.05) is 0 Å². The monoisotopic (exact) mass is 212 g/mol. The molecule has 0 aliphatic heterocycles. The Balaban J connectivity index is 0.000000288. The second-order valence-corrected chi connectivity index (χ2v) is 2.61. The molecule has 1 heterocycles. The van der Waals surface area contributed by atoms with Gasteiger partial charge in [0.15, 0.2) is 0 Å². The third-order valence-electron chi connectivity index (χ3n) is 1.32. The van der Waals surface area contributed by atoms with E-state index in [1.165, 1.54) is 19.3 Å². The molecule has 1 unspecified atom stereocenters. The lowest BCUT2D eigenvalue weighted by Gasteiger charge is -1.89. The predicted octanol–water partition coefficient (Wildman–Crippen LogP) is -0.368. The Hall–Kier alpha value is -1.95. The number of carbonyl (C=O) groups is 2. The van der Waals surface area contributed by atoms with Crippen molar-refractivity contribution in [2.45, 2.75) is 13.0 Å². The first-order valence-corrected chi connectivity index (χ1v) is 4.06. The van der Waals surface area contributed by atoms with Gasteiger partial charge in [0.25, 0.3) is 0 Å². The van der Waals surface area contributed by atoms with Crippen LogP contribution in [0.3, 0.4) is 0 Å². The summed E-state index contributed by atoms with van der Waals surface area (Å²) in [5.41, 5.74) is 5.44. The highest BCUT2D eigenvalue weighted by molar-refractivity contribution is 5.92. The lowest BCUT2D eigenvalue weighted by molar-refractivity contribution is -0.145. The van der Waals surface area contributed by atoms with Crippen LogP contribution >= 0.6 is 0 Å². The average Bonchev–Trinajstić information content (AvgIpc) is 2.20. The van der Waals surface area contributed by atoms with Gasteiger partial charge in [-0.3, -0.25) is 9.78 Å². The van der Waals surface area contributed by atoms with Crippen LogP contribution in [0.25, 0.3) is 0 Å². The third kappa shape index (κ3) is 6.17. The average molecular weight is 212 g/mol. The van der Waals surface area contributed by atoms with Crippen molar-refractivity contribution in [1.82, 2.24) is 4.98 Å². The number of aliphatic hydroxyl groups is 1. The van der Waals surface area contributed by atoms with E-state index in [1.54, 1.807) is 12.1 Å². The molecule has 0 saturated carbocycles. The Labute approximate surface area is 86.4 Å². The number of nitrogens with two attached hydrogens (primary N) is 1. The number of aliphatic hydroxyl groups excluding tert-OH is 1. The molecule has 0 aliphatic carbocycles. The summed E-state index contributed by atoms with van der Waals surface area (Å²) < 4.78 is 0. The van der Waals surface area contributed by atoms with E-state index < -0.39 is 18.0 Å². The molecule has 1 aromatic rings. The maximum Gasteiger partial charge on any atom is 0.332 e. The fourth-order valence-electron chi connectivity index (χ4n) is 0.516. The number of carboxylic acids is 1. The fraction of sp³-hybridized carbons (Fsp3) is 0.222. The first-order valence-electron chi connectivity index (χ1n) is 4.06. The molecule has 0 bridgehead atoms. The minimum atomic E-state index is -1.23. The number of carboxylic acid groups (broad SMARTS) is 1. The molecule has 15 heavy (non-hydrogen) atoms. The van der Waals surface area contributed by atoms with E-state index in [0.29, 0.717) is 5.56 Å². The van der Waals surface area contributed by atoms with Crippen molar-refractivity contribution in [3.63, 3.8) is 0 Å². The highest BCUT2D eigenvalue weighted by Gasteiger charge is 2.01. The summed E-state index contributed by atoms with van der Waals surface area (Å²) in [6.45, 7) is 1.20. The standard InChI is InChI=1S/C6H6N2O.C3H6O3/c7-6(9)5-1-3-8-4-2-5;1-2(4)3(5)6/h1-4H,(H2,7,9);2,4H,1H3,(H,5,6). The molecule has 0 aliphatic rings. The molecular formula is C9H12N2O4. The van der Waals surface area contributed by atoms with Gasteiger partial charge >= 0.3 is 5.97 Å². The van der Waals surface area contributed by atoms with Crippen molar-refractivity contribution in [3.05, 3.63) is 30.1 Å². The second kappa shape index (κ2) is 6.50. The van der Waals surface area contributed by atoms with Crippen LogP contribution < -0.4 is 5.73 Å². The summed E-state index contributed by atoms with van der Waals surface area (Å²) in [5.74, 6) is -1.60. The van der Waals surface area contributed by atoms with Crippen LogP contribution in [0.5, 0.6) is 0 Å². The third-order valence-corrected chi connectivity index (χ3v) is 1.32. The van der Waals surface area contributed by atoms with Crippen LogP contribution in [0.2, 0.25) is 0 Å². The Morgan fingerprint density at radius 3 is 2.00 bits per heavy atom. The summed E-state index contributed by atoms with van der Waals surface area (Å²) in [4.78, 5) is 23.6. The Bertz CT molecular complexity index is 324. The molecule has 0 saturated heterocycles. The van der Waals surface area contributed by atoms with Gasteiger partial charge in [0, 0.05) is 18.0 Å². The Morgan fingerprint density at radius 2 is 1.80 bits per heavy atom. The molecule has 1 amide bonds. The number of amides is 1. The SMILES string of the molecule is CC(O)C(=O)O.NC(=O)c1ccncc1. The van der Waals surface area contributed by atoms with Crippen LogP contribution in [0.15, 0.2) is 24.5 Å². The summed E-state index contributed by atoms with van der Waals surface area (Å²) >= 11 is 0. The van der Waals surface area contributed by atoms with Gasteiger partial charge in [-0.2, -0.15) is 0 Å². The van der Waals surface area contributed by atoms with Gasteiger partial charge in [0.05, 0.1) is 0 Å².